The molecule has 0 unspecified atom stereocenters. The predicted molar refractivity (Wildman–Crippen MR) is 84.4 cm³/mol. The molecule has 0 saturated heterocycles. The fraction of sp³-hybridized carbons (Fsp3) is 0.500. The van der Waals surface area contributed by atoms with Crippen LogP contribution in [0, 0.1) is 0 Å². The Kier molecular flexibility index (Phi) is 6.69. The molecule has 0 fully saturated rings. The minimum absolute atomic E-state index is 0.0209. The second-order valence-electron chi connectivity index (χ2n) is 5.14. The van der Waals surface area contributed by atoms with E-state index in [0.29, 0.717) is 23.6 Å². The van der Waals surface area contributed by atoms with E-state index in [9.17, 15) is 9.59 Å². The number of nitrogens with one attached hydrogen (secondary N) is 1. The summed E-state index contributed by atoms with van der Waals surface area (Å²) in [6.07, 6.45) is 0. The molecule has 22 heavy (non-hydrogen) atoms. The highest BCUT2D eigenvalue weighted by Crippen LogP contribution is 2.23. The van der Waals surface area contributed by atoms with Crippen LogP contribution in [-0.2, 0) is 4.79 Å². The standard InChI is InChI=1S/C16H24N2O4/c1-6-18(10-15(19)17-11(2)3)16(20)12-7-13(21-4)9-14(8-12)22-5/h7-9,11H,6,10H2,1-5H3,(H,17,19). The molecule has 6 heteroatoms. The van der Waals surface area contributed by atoms with Crippen molar-refractivity contribution in [1.82, 2.24) is 10.2 Å². The molecule has 0 saturated carbocycles. The summed E-state index contributed by atoms with van der Waals surface area (Å²) < 4.78 is 10.3. The second kappa shape index (κ2) is 8.26. The average Bonchev–Trinajstić information content (AvgIpc) is 2.50. The van der Waals surface area contributed by atoms with E-state index in [1.807, 2.05) is 20.8 Å². The number of benzene rings is 1. The zero-order valence-corrected chi connectivity index (χ0v) is 13.8. The van der Waals surface area contributed by atoms with Gasteiger partial charge in [0.2, 0.25) is 5.91 Å². The molecule has 0 atom stereocenters. The lowest BCUT2D eigenvalue weighted by atomic mass is 10.1. The van der Waals surface area contributed by atoms with E-state index in [1.165, 1.54) is 19.1 Å². The Balaban J connectivity index is 2.93. The number of nitrogens with zero attached hydrogens (tertiary/aromatic N) is 1. The minimum Gasteiger partial charge on any atom is -0.497 e. The molecular weight excluding hydrogens is 284 g/mol. The largest absolute Gasteiger partial charge is 0.497 e. The van der Waals surface area contributed by atoms with E-state index in [-0.39, 0.29) is 24.4 Å². The van der Waals surface area contributed by atoms with E-state index in [4.69, 9.17) is 9.47 Å². The van der Waals surface area contributed by atoms with Gasteiger partial charge in [-0.1, -0.05) is 0 Å². The van der Waals surface area contributed by atoms with Crippen molar-refractivity contribution < 1.29 is 19.1 Å². The molecule has 1 N–H and O–H groups in total. The van der Waals surface area contributed by atoms with Crippen molar-refractivity contribution in [2.45, 2.75) is 26.8 Å². The molecule has 0 aliphatic rings. The summed E-state index contributed by atoms with van der Waals surface area (Å²) in [6.45, 7) is 6.04. The van der Waals surface area contributed by atoms with E-state index in [1.54, 1.807) is 18.2 Å². The van der Waals surface area contributed by atoms with Crippen LogP contribution >= 0.6 is 0 Å². The molecule has 1 aromatic rings. The maximum Gasteiger partial charge on any atom is 0.254 e. The maximum absolute atomic E-state index is 12.6. The van der Waals surface area contributed by atoms with E-state index < -0.39 is 0 Å². The number of rotatable bonds is 7. The molecule has 0 radical (unpaired) electrons. The van der Waals surface area contributed by atoms with Gasteiger partial charge in [0.1, 0.15) is 11.5 Å². The number of hydrogen-bond donors (Lipinski definition) is 1. The average molecular weight is 308 g/mol. The molecule has 1 rings (SSSR count). The Morgan fingerprint density at radius 2 is 1.68 bits per heavy atom. The Morgan fingerprint density at radius 3 is 2.09 bits per heavy atom. The smallest absolute Gasteiger partial charge is 0.254 e. The van der Waals surface area contributed by atoms with Crippen molar-refractivity contribution in [3.8, 4) is 11.5 Å². The molecule has 122 valence electrons. The predicted octanol–water partition coefficient (Wildman–Crippen LogP) is 1.69. The number of amides is 2. The van der Waals surface area contributed by atoms with Crippen molar-refractivity contribution in [3.63, 3.8) is 0 Å². The third-order valence-corrected chi connectivity index (χ3v) is 3.05. The third kappa shape index (κ3) is 4.95. The molecule has 0 aliphatic carbocycles. The number of methoxy groups -OCH3 is 2. The lowest BCUT2D eigenvalue weighted by Crippen LogP contribution is -2.42. The number of likely N-dealkylation sites (N-methyl/N-ethyl adjacent to an activating group) is 1. The van der Waals surface area contributed by atoms with Crippen LogP contribution in [0.1, 0.15) is 31.1 Å². The fourth-order valence-electron chi connectivity index (χ4n) is 1.98. The summed E-state index contributed by atoms with van der Waals surface area (Å²) in [4.78, 5) is 25.9. The molecular formula is C16H24N2O4. The number of hydrogen-bond acceptors (Lipinski definition) is 4. The van der Waals surface area contributed by atoms with Gasteiger partial charge >= 0.3 is 0 Å². The quantitative estimate of drug-likeness (QED) is 0.832. The second-order valence-corrected chi connectivity index (χ2v) is 5.14. The molecule has 6 nitrogen and oxygen atoms in total. The first-order valence-corrected chi connectivity index (χ1v) is 7.23. The Morgan fingerprint density at radius 1 is 1.14 bits per heavy atom. The van der Waals surface area contributed by atoms with Crippen LogP contribution in [0.2, 0.25) is 0 Å². The summed E-state index contributed by atoms with van der Waals surface area (Å²) >= 11 is 0. The van der Waals surface area contributed by atoms with Crippen LogP contribution in [0.25, 0.3) is 0 Å². The first-order chi connectivity index (χ1) is 10.4. The first-order valence-electron chi connectivity index (χ1n) is 7.23. The van der Waals surface area contributed by atoms with Crippen LogP contribution < -0.4 is 14.8 Å². The first kappa shape index (κ1) is 17.8. The van der Waals surface area contributed by atoms with E-state index >= 15 is 0 Å². The summed E-state index contributed by atoms with van der Waals surface area (Å²) in [5.41, 5.74) is 0.426. The highest BCUT2D eigenvalue weighted by atomic mass is 16.5. The fourth-order valence-corrected chi connectivity index (χ4v) is 1.98. The third-order valence-electron chi connectivity index (χ3n) is 3.05. The lowest BCUT2D eigenvalue weighted by molar-refractivity contribution is -0.122. The maximum atomic E-state index is 12.6. The zero-order chi connectivity index (χ0) is 16.7. The van der Waals surface area contributed by atoms with E-state index in [2.05, 4.69) is 5.32 Å². The molecule has 1 aromatic carbocycles. The SMILES string of the molecule is CCN(CC(=O)NC(C)C)C(=O)c1cc(OC)cc(OC)c1. The molecule has 0 aromatic heterocycles. The summed E-state index contributed by atoms with van der Waals surface area (Å²) in [6, 6.07) is 5.00. The number of ether oxygens (including phenoxy) is 2. The van der Waals surface area contributed by atoms with Crippen LogP contribution in [0.3, 0.4) is 0 Å². The van der Waals surface area contributed by atoms with Gasteiger partial charge in [0.25, 0.3) is 5.91 Å². The molecule has 0 bridgehead atoms. The molecule has 0 spiro atoms. The number of carbonyl (C=O) groups is 2. The van der Waals surface area contributed by atoms with Gasteiger partial charge in [-0.05, 0) is 32.9 Å². The zero-order valence-electron chi connectivity index (χ0n) is 13.8. The van der Waals surface area contributed by atoms with Crippen molar-refractivity contribution in [3.05, 3.63) is 23.8 Å². The van der Waals surface area contributed by atoms with Gasteiger partial charge in [-0.3, -0.25) is 9.59 Å². The van der Waals surface area contributed by atoms with Crippen LogP contribution in [0.15, 0.2) is 18.2 Å². The number of carbonyl (C=O) groups excluding carboxylic acids is 2. The van der Waals surface area contributed by atoms with Crippen molar-refractivity contribution >= 4 is 11.8 Å². The van der Waals surface area contributed by atoms with Gasteiger partial charge < -0.3 is 19.7 Å². The van der Waals surface area contributed by atoms with Gasteiger partial charge in [-0.2, -0.15) is 0 Å². The van der Waals surface area contributed by atoms with Crippen molar-refractivity contribution in [1.29, 1.82) is 0 Å². The highest BCUT2D eigenvalue weighted by molar-refractivity contribution is 5.97. The van der Waals surface area contributed by atoms with Gasteiger partial charge in [-0.15, -0.1) is 0 Å². The Labute approximate surface area is 131 Å². The van der Waals surface area contributed by atoms with Crippen LogP contribution in [-0.4, -0.2) is 50.1 Å². The van der Waals surface area contributed by atoms with Crippen LogP contribution in [0.4, 0.5) is 0 Å². The normalized spacial score (nSPS) is 10.3. The summed E-state index contributed by atoms with van der Waals surface area (Å²) in [5.74, 6) is 0.648. The molecule has 0 aliphatic heterocycles. The van der Waals surface area contributed by atoms with Gasteiger partial charge in [0.15, 0.2) is 0 Å². The Bertz CT molecular complexity index is 507. The summed E-state index contributed by atoms with van der Waals surface area (Å²) in [5, 5.41) is 2.78. The molecule has 0 heterocycles. The summed E-state index contributed by atoms with van der Waals surface area (Å²) in [7, 11) is 3.05. The monoisotopic (exact) mass is 308 g/mol. The molecule has 2 amide bonds. The van der Waals surface area contributed by atoms with Crippen LogP contribution in [0.5, 0.6) is 11.5 Å². The topological polar surface area (TPSA) is 67.9 Å². The minimum atomic E-state index is -0.237. The van der Waals surface area contributed by atoms with Crippen molar-refractivity contribution in [2.24, 2.45) is 0 Å². The lowest BCUT2D eigenvalue weighted by Gasteiger charge is -2.21. The van der Waals surface area contributed by atoms with Crippen molar-refractivity contribution in [2.75, 3.05) is 27.3 Å². The Hall–Kier alpha value is -2.24. The van der Waals surface area contributed by atoms with E-state index in [0.717, 1.165) is 0 Å². The highest BCUT2D eigenvalue weighted by Gasteiger charge is 2.19. The van der Waals surface area contributed by atoms with Gasteiger partial charge in [0.05, 0.1) is 20.8 Å². The van der Waals surface area contributed by atoms with Gasteiger partial charge in [-0.25, -0.2) is 0 Å². The van der Waals surface area contributed by atoms with Gasteiger partial charge in [0, 0.05) is 24.2 Å².